The summed E-state index contributed by atoms with van der Waals surface area (Å²) in [5, 5.41) is 11.4. The average Bonchev–Trinajstić information content (AvgIpc) is 2.27. The normalized spacial score (nSPS) is 9.69. The van der Waals surface area contributed by atoms with Gasteiger partial charge in [-0.1, -0.05) is 6.07 Å². The second kappa shape index (κ2) is 4.55. The summed E-state index contributed by atoms with van der Waals surface area (Å²) in [5.41, 5.74) is 2.23. The molecular weight excluding hydrogens is 214 g/mol. The van der Waals surface area contributed by atoms with Crippen LogP contribution in [0.1, 0.15) is 5.56 Å². The Bertz CT molecular complexity index is 434. The van der Waals surface area contributed by atoms with Crippen LogP contribution in [-0.2, 0) is 0 Å². The van der Waals surface area contributed by atoms with Crippen molar-refractivity contribution in [2.75, 3.05) is 5.01 Å². The van der Waals surface area contributed by atoms with Crippen LogP contribution in [0.15, 0.2) is 18.2 Å². The predicted molar refractivity (Wildman–Crippen MR) is 57.2 cm³/mol. The number of carbonyl (C=O) groups is 1. The van der Waals surface area contributed by atoms with E-state index < -0.39 is 11.0 Å². The molecule has 0 aliphatic rings. The fourth-order valence-electron chi connectivity index (χ4n) is 1.25. The highest BCUT2D eigenvalue weighted by molar-refractivity contribution is 5.91. The Balaban J connectivity index is 3.20. The van der Waals surface area contributed by atoms with Gasteiger partial charge in [-0.05, 0) is 13.0 Å². The maximum atomic E-state index is 11.1. The first-order chi connectivity index (χ1) is 7.49. The van der Waals surface area contributed by atoms with Gasteiger partial charge < -0.3 is 0 Å². The van der Waals surface area contributed by atoms with Gasteiger partial charge in [0.1, 0.15) is 0 Å². The first kappa shape index (κ1) is 11.9. The number of hydrogen-bond donors (Lipinski definition) is 3. The van der Waals surface area contributed by atoms with Gasteiger partial charge in [0, 0.05) is 6.07 Å². The molecule has 0 aliphatic carbocycles. The fraction of sp³-hybridized carbons (Fsp3) is 0.125. The minimum atomic E-state index is -0.761. The Morgan fingerprint density at radius 1 is 1.56 bits per heavy atom. The molecule has 0 saturated heterocycles. The topological polar surface area (TPSA) is 128 Å². The van der Waals surface area contributed by atoms with Crippen LogP contribution in [0.25, 0.3) is 0 Å². The number of nitrogens with zero attached hydrogens (tertiary/aromatic N) is 2. The van der Waals surface area contributed by atoms with Crippen molar-refractivity contribution in [3.63, 3.8) is 0 Å². The lowest BCUT2D eigenvalue weighted by Crippen LogP contribution is -2.47. The number of nitrogens with two attached hydrogens (primary N) is 2. The van der Waals surface area contributed by atoms with Crippen LogP contribution in [0.3, 0.4) is 0 Å². The summed E-state index contributed by atoms with van der Waals surface area (Å²) in [6.45, 7) is 1.50. The molecule has 0 unspecified atom stereocenters. The van der Waals surface area contributed by atoms with Gasteiger partial charge in [-0.3, -0.25) is 15.5 Å². The predicted octanol–water partition coefficient (Wildman–Crippen LogP) is 0.167. The third-order valence-corrected chi connectivity index (χ3v) is 2.08. The maximum Gasteiger partial charge on any atom is 0.350 e. The number of nitrogens with one attached hydrogen (secondary N) is 1. The molecule has 0 bridgehead atoms. The molecule has 0 atom stereocenters. The van der Waals surface area contributed by atoms with Gasteiger partial charge in [0.25, 0.3) is 5.69 Å². The van der Waals surface area contributed by atoms with Crippen molar-refractivity contribution in [2.24, 2.45) is 11.7 Å². The van der Waals surface area contributed by atoms with Gasteiger partial charge in [0.05, 0.1) is 16.2 Å². The van der Waals surface area contributed by atoms with E-state index in [1.165, 1.54) is 25.1 Å². The fourth-order valence-corrected chi connectivity index (χ4v) is 1.25. The second-order valence-corrected chi connectivity index (χ2v) is 3.00. The molecule has 0 heterocycles. The minimum absolute atomic E-state index is 0.113. The molecule has 8 nitrogen and oxygen atoms in total. The van der Waals surface area contributed by atoms with E-state index in [-0.39, 0.29) is 11.4 Å². The monoisotopic (exact) mass is 225 g/mol. The van der Waals surface area contributed by atoms with Crippen LogP contribution in [-0.4, -0.2) is 11.0 Å². The van der Waals surface area contributed by atoms with E-state index in [1.807, 2.05) is 5.43 Å². The van der Waals surface area contributed by atoms with Gasteiger partial charge >= 0.3 is 6.03 Å². The Morgan fingerprint density at radius 3 is 2.69 bits per heavy atom. The van der Waals surface area contributed by atoms with Crippen LogP contribution in [0.2, 0.25) is 0 Å². The summed E-state index contributed by atoms with van der Waals surface area (Å²) in [5.74, 6) is 10.3. The standard InChI is InChI=1S/C8H11N5O3/c1-5-6(12(10)8(14)11-9)3-2-4-7(5)13(15)16/h2-4H,9-10H2,1H3,(H,11,14). The molecular formula is C8H11N5O3. The number of nitro benzene ring substituents is 1. The number of rotatable bonds is 2. The van der Waals surface area contributed by atoms with Crippen molar-refractivity contribution in [3.05, 3.63) is 33.9 Å². The summed E-state index contributed by atoms with van der Waals surface area (Å²) in [4.78, 5) is 21.2. The third kappa shape index (κ3) is 2.07. The number of benzene rings is 1. The molecule has 0 saturated carbocycles. The molecule has 0 aliphatic heterocycles. The molecule has 1 aromatic rings. The van der Waals surface area contributed by atoms with Crippen molar-refractivity contribution in [1.82, 2.24) is 5.43 Å². The van der Waals surface area contributed by atoms with E-state index in [0.29, 0.717) is 10.6 Å². The summed E-state index contributed by atoms with van der Waals surface area (Å²) < 4.78 is 0. The van der Waals surface area contributed by atoms with E-state index in [2.05, 4.69) is 0 Å². The van der Waals surface area contributed by atoms with Crippen molar-refractivity contribution in [3.8, 4) is 0 Å². The lowest BCUT2D eigenvalue weighted by atomic mass is 10.1. The zero-order chi connectivity index (χ0) is 12.3. The van der Waals surface area contributed by atoms with Crippen molar-refractivity contribution in [1.29, 1.82) is 0 Å². The van der Waals surface area contributed by atoms with Crippen LogP contribution in [0.4, 0.5) is 16.2 Å². The Morgan fingerprint density at radius 2 is 2.19 bits per heavy atom. The number of urea groups is 1. The molecule has 0 aromatic heterocycles. The largest absolute Gasteiger partial charge is 0.350 e. The third-order valence-electron chi connectivity index (χ3n) is 2.08. The van der Waals surface area contributed by atoms with Crippen LogP contribution >= 0.6 is 0 Å². The van der Waals surface area contributed by atoms with Gasteiger partial charge in [0.15, 0.2) is 0 Å². The summed E-state index contributed by atoms with van der Waals surface area (Å²) >= 11 is 0. The van der Waals surface area contributed by atoms with E-state index >= 15 is 0 Å². The van der Waals surface area contributed by atoms with Crippen molar-refractivity contribution < 1.29 is 9.72 Å². The zero-order valence-corrected chi connectivity index (χ0v) is 8.51. The lowest BCUT2D eigenvalue weighted by Gasteiger charge is -2.17. The van der Waals surface area contributed by atoms with E-state index in [1.54, 1.807) is 0 Å². The smallest absolute Gasteiger partial charge is 0.274 e. The number of hydrazine groups is 2. The van der Waals surface area contributed by atoms with Gasteiger partial charge in [-0.2, -0.15) is 0 Å². The number of amides is 2. The lowest BCUT2D eigenvalue weighted by molar-refractivity contribution is -0.385. The first-order valence-electron chi connectivity index (χ1n) is 4.28. The first-order valence-corrected chi connectivity index (χ1v) is 4.28. The number of carbonyl (C=O) groups excluding carboxylic acids is 1. The maximum absolute atomic E-state index is 11.1. The molecule has 2 amide bonds. The highest BCUT2D eigenvalue weighted by Gasteiger charge is 2.19. The SMILES string of the molecule is Cc1c(N(N)C(=O)NN)cccc1[N+](=O)[O-]. The van der Waals surface area contributed by atoms with Gasteiger partial charge in [0.2, 0.25) is 0 Å². The molecule has 1 aromatic carbocycles. The van der Waals surface area contributed by atoms with Crippen molar-refractivity contribution in [2.45, 2.75) is 6.92 Å². The molecule has 16 heavy (non-hydrogen) atoms. The summed E-state index contributed by atoms with van der Waals surface area (Å²) in [6.07, 6.45) is 0. The molecule has 0 radical (unpaired) electrons. The quantitative estimate of drug-likeness (QED) is 0.286. The summed E-state index contributed by atoms with van der Waals surface area (Å²) in [6, 6.07) is 3.48. The molecule has 1 rings (SSSR count). The second-order valence-electron chi connectivity index (χ2n) is 3.00. The summed E-state index contributed by atoms with van der Waals surface area (Å²) in [7, 11) is 0. The van der Waals surface area contributed by atoms with Gasteiger partial charge in [-0.25, -0.2) is 21.5 Å². The van der Waals surface area contributed by atoms with Crippen LogP contribution in [0, 0.1) is 17.0 Å². The van der Waals surface area contributed by atoms with Crippen molar-refractivity contribution >= 4 is 17.4 Å². The highest BCUT2D eigenvalue weighted by atomic mass is 16.6. The number of hydrogen-bond acceptors (Lipinski definition) is 5. The Hall–Kier alpha value is -2.19. The van der Waals surface area contributed by atoms with E-state index in [0.717, 1.165) is 0 Å². The molecule has 0 fully saturated rings. The Kier molecular flexibility index (Phi) is 3.38. The minimum Gasteiger partial charge on any atom is -0.274 e. The van der Waals surface area contributed by atoms with Crippen LogP contribution < -0.4 is 22.1 Å². The number of anilines is 1. The van der Waals surface area contributed by atoms with Crippen LogP contribution in [0.5, 0.6) is 0 Å². The zero-order valence-electron chi connectivity index (χ0n) is 8.51. The van der Waals surface area contributed by atoms with E-state index in [4.69, 9.17) is 11.7 Å². The van der Waals surface area contributed by atoms with Gasteiger partial charge in [-0.15, -0.1) is 0 Å². The molecule has 5 N–H and O–H groups in total. The van der Waals surface area contributed by atoms with E-state index in [9.17, 15) is 14.9 Å². The number of nitro groups is 1. The highest BCUT2D eigenvalue weighted by Crippen LogP contribution is 2.26. The Labute approximate surface area is 90.9 Å². The molecule has 86 valence electrons. The molecule has 8 heteroatoms. The average molecular weight is 225 g/mol. The molecule has 0 spiro atoms.